The van der Waals surface area contributed by atoms with Crippen LogP contribution in [0.3, 0.4) is 0 Å². The van der Waals surface area contributed by atoms with Gasteiger partial charge >= 0.3 is 11.6 Å². The summed E-state index contributed by atoms with van der Waals surface area (Å²) >= 11 is 0. The summed E-state index contributed by atoms with van der Waals surface area (Å²) in [7, 11) is 1.57. The van der Waals surface area contributed by atoms with E-state index in [1.165, 1.54) is 13.0 Å². The lowest BCUT2D eigenvalue weighted by Gasteiger charge is -2.09. The summed E-state index contributed by atoms with van der Waals surface area (Å²) in [6.07, 6.45) is 0. The molecule has 0 amide bonds. The van der Waals surface area contributed by atoms with Crippen LogP contribution >= 0.6 is 0 Å². The second kappa shape index (κ2) is 6.32. The number of rotatable bonds is 3. The first kappa shape index (κ1) is 16.9. The van der Waals surface area contributed by atoms with E-state index < -0.39 is 11.6 Å². The molecule has 4 aromatic rings. The van der Waals surface area contributed by atoms with Crippen molar-refractivity contribution < 1.29 is 23.1 Å². The highest BCUT2D eigenvalue weighted by atomic mass is 16.5. The number of aryl methyl sites for hydroxylation is 1. The predicted octanol–water partition coefficient (Wildman–Crippen LogP) is 4.45. The Morgan fingerprint density at radius 2 is 1.85 bits per heavy atom. The van der Waals surface area contributed by atoms with Crippen LogP contribution in [0, 0.1) is 6.92 Å². The number of carbonyl (C=O) groups is 1. The number of esters is 1. The molecule has 0 aliphatic carbocycles. The molecule has 6 heteroatoms. The molecular weight excluding hydrogens is 348 g/mol. The Morgan fingerprint density at radius 3 is 2.59 bits per heavy atom. The van der Waals surface area contributed by atoms with Gasteiger partial charge in [-0.1, -0.05) is 12.1 Å². The van der Waals surface area contributed by atoms with Gasteiger partial charge in [-0.3, -0.25) is 4.79 Å². The molecule has 2 aromatic carbocycles. The Kier molecular flexibility index (Phi) is 3.96. The maximum absolute atomic E-state index is 12.1. The molecule has 27 heavy (non-hydrogen) atoms. The van der Waals surface area contributed by atoms with Crippen LogP contribution in [0.15, 0.2) is 56.1 Å². The van der Waals surface area contributed by atoms with Crippen LogP contribution in [-0.2, 0) is 4.79 Å². The van der Waals surface area contributed by atoms with Crippen LogP contribution in [-0.4, -0.2) is 13.1 Å². The van der Waals surface area contributed by atoms with Gasteiger partial charge in [-0.15, -0.1) is 0 Å². The molecule has 2 aromatic heterocycles. The van der Waals surface area contributed by atoms with E-state index in [2.05, 4.69) is 0 Å². The summed E-state index contributed by atoms with van der Waals surface area (Å²) in [5, 5.41) is 1.45. The van der Waals surface area contributed by atoms with Crippen molar-refractivity contribution in [1.82, 2.24) is 0 Å². The van der Waals surface area contributed by atoms with Crippen LogP contribution < -0.4 is 15.1 Å². The Labute approximate surface area is 153 Å². The molecule has 0 aliphatic rings. The molecule has 0 saturated carbocycles. The SMILES string of the molecule is COc1cccc2cc(-c3cc(=O)oc4cc(C)c(OC(C)=O)cc34)oc12. The highest BCUT2D eigenvalue weighted by Gasteiger charge is 2.17. The van der Waals surface area contributed by atoms with Crippen LogP contribution in [0.2, 0.25) is 0 Å². The number of carbonyl (C=O) groups excluding carboxylic acids is 1. The normalized spacial score (nSPS) is 11.1. The molecular formula is C21H16O6. The zero-order valence-electron chi connectivity index (χ0n) is 15.0. The highest BCUT2D eigenvalue weighted by molar-refractivity contribution is 5.97. The second-order valence-corrected chi connectivity index (χ2v) is 6.18. The van der Waals surface area contributed by atoms with Crippen molar-refractivity contribution in [1.29, 1.82) is 0 Å². The topological polar surface area (TPSA) is 78.9 Å². The van der Waals surface area contributed by atoms with Gasteiger partial charge in [-0.05, 0) is 36.8 Å². The maximum atomic E-state index is 12.1. The fourth-order valence-electron chi connectivity index (χ4n) is 3.09. The number of hydrogen-bond donors (Lipinski definition) is 0. The lowest BCUT2D eigenvalue weighted by molar-refractivity contribution is -0.131. The monoisotopic (exact) mass is 364 g/mol. The Morgan fingerprint density at radius 1 is 1.04 bits per heavy atom. The van der Waals surface area contributed by atoms with Crippen LogP contribution in [0.5, 0.6) is 11.5 Å². The van der Waals surface area contributed by atoms with Crippen molar-refractivity contribution in [3.05, 3.63) is 58.4 Å². The zero-order valence-corrected chi connectivity index (χ0v) is 15.0. The number of para-hydroxylation sites is 1. The number of furan rings is 1. The van der Waals surface area contributed by atoms with Gasteiger partial charge in [0.25, 0.3) is 0 Å². The lowest BCUT2D eigenvalue weighted by atomic mass is 10.0. The van der Waals surface area contributed by atoms with Gasteiger partial charge in [0.05, 0.1) is 7.11 Å². The minimum Gasteiger partial charge on any atom is -0.493 e. The van der Waals surface area contributed by atoms with E-state index in [-0.39, 0.29) is 0 Å². The van der Waals surface area contributed by atoms with E-state index in [9.17, 15) is 9.59 Å². The Hall–Kier alpha value is -3.54. The fourth-order valence-corrected chi connectivity index (χ4v) is 3.09. The molecule has 0 aliphatic heterocycles. The molecule has 0 fully saturated rings. The van der Waals surface area contributed by atoms with E-state index in [4.69, 9.17) is 18.3 Å². The van der Waals surface area contributed by atoms with E-state index in [0.717, 1.165) is 5.39 Å². The third-order valence-electron chi connectivity index (χ3n) is 4.29. The van der Waals surface area contributed by atoms with Crippen LogP contribution in [0.25, 0.3) is 33.3 Å². The molecule has 6 nitrogen and oxygen atoms in total. The van der Waals surface area contributed by atoms with Gasteiger partial charge in [0, 0.05) is 29.3 Å². The molecule has 0 spiro atoms. The van der Waals surface area contributed by atoms with E-state index >= 15 is 0 Å². The highest BCUT2D eigenvalue weighted by Crippen LogP contribution is 2.37. The van der Waals surface area contributed by atoms with Gasteiger partial charge in [0.15, 0.2) is 11.3 Å². The zero-order chi connectivity index (χ0) is 19.1. The van der Waals surface area contributed by atoms with Crippen LogP contribution in [0.1, 0.15) is 12.5 Å². The molecule has 4 rings (SSSR count). The van der Waals surface area contributed by atoms with Gasteiger partial charge in [0.2, 0.25) is 0 Å². The third-order valence-corrected chi connectivity index (χ3v) is 4.29. The van der Waals surface area contributed by atoms with Crippen molar-refractivity contribution in [2.24, 2.45) is 0 Å². The first-order valence-electron chi connectivity index (χ1n) is 8.30. The van der Waals surface area contributed by atoms with Crippen molar-refractivity contribution in [3.63, 3.8) is 0 Å². The smallest absolute Gasteiger partial charge is 0.336 e. The lowest BCUT2D eigenvalue weighted by Crippen LogP contribution is -2.04. The standard InChI is InChI=1S/C21H16O6/c1-11-7-18-14(9-17(11)25-12(2)22)15(10-20(23)26-18)19-8-13-5-4-6-16(24-3)21(13)27-19/h4-10H,1-3H3. The molecule has 136 valence electrons. The van der Waals surface area contributed by atoms with Crippen molar-refractivity contribution in [2.75, 3.05) is 7.11 Å². The second-order valence-electron chi connectivity index (χ2n) is 6.18. The number of methoxy groups -OCH3 is 1. The van der Waals surface area contributed by atoms with E-state index in [1.54, 1.807) is 32.2 Å². The summed E-state index contributed by atoms with van der Waals surface area (Å²) in [4.78, 5) is 23.4. The van der Waals surface area contributed by atoms with Gasteiger partial charge < -0.3 is 18.3 Å². The van der Waals surface area contributed by atoms with E-state index in [0.29, 0.717) is 44.9 Å². The first-order chi connectivity index (χ1) is 13.0. The summed E-state index contributed by atoms with van der Waals surface area (Å²) in [5.41, 5.74) is 1.71. The molecule has 0 unspecified atom stereocenters. The van der Waals surface area contributed by atoms with Gasteiger partial charge in [-0.25, -0.2) is 4.79 Å². The van der Waals surface area contributed by atoms with Crippen molar-refractivity contribution >= 4 is 27.9 Å². The van der Waals surface area contributed by atoms with Crippen LogP contribution in [0.4, 0.5) is 0 Å². The molecule has 0 bridgehead atoms. The van der Waals surface area contributed by atoms with Gasteiger partial charge in [-0.2, -0.15) is 0 Å². The average Bonchev–Trinajstić information content (AvgIpc) is 3.05. The summed E-state index contributed by atoms with van der Waals surface area (Å²) in [6.45, 7) is 3.11. The quantitative estimate of drug-likeness (QED) is 0.304. The summed E-state index contributed by atoms with van der Waals surface area (Å²) in [6, 6.07) is 12.1. The van der Waals surface area contributed by atoms with Crippen molar-refractivity contribution in [2.45, 2.75) is 13.8 Å². The van der Waals surface area contributed by atoms with Gasteiger partial charge in [0.1, 0.15) is 17.1 Å². The van der Waals surface area contributed by atoms with Crippen molar-refractivity contribution in [3.8, 4) is 22.8 Å². The fraction of sp³-hybridized carbons (Fsp3) is 0.143. The Balaban J connectivity index is 2.00. The predicted molar refractivity (Wildman–Crippen MR) is 100 cm³/mol. The largest absolute Gasteiger partial charge is 0.493 e. The molecule has 0 atom stereocenters. The van der Waals surface area contributed by atoms with E-state index in [1.807, 2.05) is 18.2 Å². The number of benzene rings is 2. The average molecular weight is 364 g/mol. The number of fused-ring (bicyclic) bond motifs is 2. The molecule has 0 saturated heterocycles. The molecule has 0 radical (unpaired) electrons. The minimum absolute atomic E-state index is 0.387. The molecule has 0 N–H and O–H groups in total. The minimum atomic E-state index is -0.496. The third kappa shape index (κ3) is 2.95. The maximum Gasteiger partial charge on any atom is 0.336 e. The molecule has 2 heterocycles. The summed E-state index contributed by atoms with van der Waals surface area (Å²) in [5.74, 6) is 1.07. The summed E-state index contributed by atoms with van der Waals surface area (Å²) < 4.78 is 21.9. The number of ether oxygens (including phenoxy) is 2. The Bertz CT molecular complexity index is 1240. The number of hydrogen-bond acceptors (Lipinski definition) is 6. The first-order valence-corrected chi connectivity index (χ1v) is 8.30.